The smallest absolute Gasteiger partial charge is 0.266 e. The van der Waals surface area contributed by atoms with Crippen LogP contribution in [0.1, 0.15) is 18.2 Å². The van der Waals surface area contributed by atoms with Crippen molar-refractivity contribution in [2.24, 2.45) is 0 Å². The van der Waals surface area contributed by atoms with Gasteiger partial charge in [0.05, 0.1) is 17.7 Å². The molecule has 0 saturated carbocycles. The standard InChI is InChI=1S/C20H20BrN3O3/c1-2-14-3-5-16(6-4-14)23-19(25)15(13-22)11-17-12-18(21)20(27-17)24-7-9-26-10-8-24/h3-6,11-12H,2,7-10H2,1H3,(H,23,25)/b15-11-. The van der Waals surface area contributed by atoms with E-state index < -0.39 is 5.91 Å². The first-order valence-electron chi connectivity index (χ1n) is 8.75. The van der Waals surface area contributed by atoms with Crippen LogP contribution in [0.3, 0.4) is 0 Å². The Morgan fingerprint density at radius 1 is 1.33 bits per heavy atom. The maximum absolute atomic E-state index is 12.4. The molecular formula is C20H20BrN3O3. The minimum Gasteiger partial charge on any atom is -0.440 e. The number of nitriles is 1. The van der Waals surface area contributed by atoms with Crippen molar-refractivity contribution in [3.05, 3.63) is 51.7 Å². The number of benzene rings is 1. The van der Waals surface area contributed by atoms with Gasteiger partial charge < -0.3 is 19.4 Å². The Balaban J connectivity index is 1.75. The lowest BCUT2D eigenvalue weighted by Gasteiger charge is -2.26. The van der Waals surface area contributed by atoms with E-state index in [0.717, 1.165) is 24.0 Å². The second-order valence-electron chi connectivity index (χ2n) is 6.08. The molecule has 0 atom stereocenters. The zero-order valence-corrected chi connectivity index (χ0v) is 16.6. The molecule has 0 radical (unpaired) electrons. The lowest BCUT2D eigenvalue weighted by Crippen LogP contribution is -2.36. The number of hydrogen-bond acceptors (Lipinski definition) is 5. The Bertz CT molecular complexity index is 875. The van der Waals surface area contributed by atoms with Crippen LogP contribution >= 0.6 is 15.9 Å². The zero-order chi connectivity index (χ0) is 19.2. The zero-order valence-electron chi connectivity index (χ0n) is 15.0. The molecule has 2 heterocycles. The highest BCUT2D eigenvalue weighted by atomic mass is 79.9. The minimum absolute atomic E-state index is 0.0238. The molecule has 0 aliphatic carbocycles. The summed E-state index contributed by atoms with van der Waals surface area (Å²) in [6.45, 7) is 4.81. The van der Waals surface area contributed by atoms with Gasteiger partial charge in [-0.25, -0.2) is 0 Å². The van der Waals surface area contributed by atoms with E-state index >= 15 is 0 Å². The SMILES string of the molecule is CCc1ccc(NC(=O)/C(C#N)=C\c2cc(Br)c(N3CCOCC3)o2)cc1. The lowest BCUT2D eigenvalue weighted by molar-refractivity contribution is -0.112. The van der Waals surface area contributed by atoms with Gasteiger partial charge in [0.25, 0.3) is 5.91 Å². The van der Waals surface area contributed by atoms with Gasteiger partial charge in [-0.3, -0.25) is 4.79 Å². The molecule has 1 amide bonds. The number of nitrogens with one attached hydrogen (secondary N) is 1. The predicted octanol–water partition coefficient (Wildman–Crippen LogP) is 3.99. The van der Waals surface area contributed by atoms with Gasteiger partial charge in [0, 0.05) is 30.9 Å². The van der Waals surface area contributed by atoms with Gasteiger partial charge in [-0.05, 0) is 40.0 Å². The Morgan fingerprint density at radius 3 is 2.67 bits per heavy atom. The summed E-state index contributed by atoms with van der Waals surface area (Å²) < 4.78 is 12.0. The molecule has 140 valence electrons. The molecule has 27 heavy (non-hydrogen) atoms. The molecule has 1 aliphatic rings. The third kappa shape index (κ3) is 4.79. The molecule has 2 aromatic rings. The summed E-state index contributed by atoms with van der Waals surface area (Å²) in [4.78, 5) is 14.5. The second-order valence-corrected chi connectivity index (χ2v) is 6.93. The lowest BCUT2D eigenvalue weighted by atomic mass is 10.1. The van der Waals surface area contributed by atoms with Crippen LogP contribution in [0, 0.1) is 11.3 Å². The number of ether oxygens (including phenoxy) is 1. The largest absolute Gasteiger partial charge is 0.440 e. The van der Waals surface area contributed by atoms with E-state index in [4.69, 9.17) is 9.15 Å². The number of carbonyl (C=O) groups is 1. The molecule has 6 nitrogen and oxygen atoms in total. The first kappa shape index (κ1) is 19.2. The van der Waals surface area contributed by atoms with Gasteiger partial charge in [-0.2, -0.15) is 5.26 Å². The van der Waals surface area contributed by atoms with Crippen LogP contribution in [0.4, 0.5) is 11.6 Å². The first-order valence-corrected chi connectivity index (χ1v) is 9.54. The summed E-state index contributed by atoms with van der Waals surface area (Å²) in [6, 6.07) is 11.2. The van der Waals surface area contributed by atoms with Crippen molar-refractivity contribution in [1.82, 2.24) is 0 Å². The van der Waals surface area contributed by atoms with Gasteiger partial charge in [-0.1, -0.05) is 19.1 Å². The number of hydrogen-bond donors (Lipinski definition) is 1. The van der Waals surface area contributed by atoms with E-state index in [9.17, 15) is 10.1 Å². The molecule has 1 N–H and O–H groups in total. The molecule has 1 saturated heterocycles. The van der Waals surface area contributed by atoms with Crippen molar-refractivity contribution in [1.29, 1.82) is 5.26 Å². The van der Waals surface area contributed by atoms with Crippen LogP contribution in [0.5, 0.6) is 0 Å². The molecule has 0 bridgehead atoms. The number of amides is 1. The van der Waals surface area contributed by atoms with Gasteiger partial charge in [0.15, 0.2) is 0 Å². The van der Waals surface area contributed by atoms with Crippen molar-refractivity contribution >= 4 is 39.5 Å². The molecular weight excluding hydrogens is 410 g/mol. The van der Waals surface area contributed by atoms with Crippen molar-refractivity contribution < 1.29 is 13.9 Å². The van der Waals surface area contributed by atoms with E-state index in [1.165, 1.54) is 11.6 Å². The van der Waals surface area contributed by atoms with Crippen LogP contribution in [0.2, 0.25) is 0 Å². The fourth-order valence-electron chi connectivity index (χ4n) is 2.74. The van der Waals surface area contributed by atoms with E-state index in [1.807, 2.05) is 30.3 Å². The van der Waals surface area contributed by atoms with Gasteiger partial charge in [0.2, 0.25) is 5.88 Å². The summed E-state index contributed by atoms with van der Waals surface area (Å²) in [7, 11) is 0. The Morgan fingerprint density at radius 2 is 2.04 bits per heavy atom. The van der Waals surface area contributed by atoms with Crippen molar-refractivity contribution in [2.45, 2.75) is 13.3 Å². The number of anilines is 2. The molecule has 1 aromatic carbocycles. The number of nitrogens with zero attached hydrogens (tertiary/aromatic N) is 2. The number of furan rings is 1. The van der Waals surface area contributed by atoms with E-state index in [0.29, 0.717) is 30.5 Å². The monoisotopic (exact) mass is 429 g/mol. The molecule has 0 unspecified atom stereocenters. The molecule has 7 heteroatoms. The summed E-state index contributed by atoms with van der Waals surface area (Å²) in [5.74, 6) is 0.649. The van der Waals surface area contributed by atoms with E-state index in [1.54, 1.807) is 6.07 Å². The number of carbonyl (C=O) groups excluding carboxylic acids is 1. The highest BCUT2D eigenvalue weighted by Gasteiger charge is 2.19. The normalized spacial score (nSPS) is 14.7. The quantitative estimate of drug-likeness (QED) is 0.574. The Hall–Kier alpha value is -2.56. The number of halogens is 1. The highest BCUT2D eigenvalue weighted by Crippen LogP contribution is 2.32. The first-order chi connectivity index (χ1) is 13.1. The second kappa shape index (κ2) is 8.89. The van der Waals surface area contributed by atoms with Crippen LogP contribution in [-0.2, 0) is 16.0 Å². The topological polar surface area (TPSA) is 78.5 Å². The average Bonchev–Trinajstić information content (AvgIpc) is 3.07. The Kier molecular flexibility index (Phi) is 6.32. The van der Waals surface area contributed by atoms with Crippen molar-refractivity contribution in [3.63, 3.8) is 0 Å². The van der Waals surface area contributed by atoms with Crippen molar-refractivity contribution in [2.75, 3.05) is 36.5 Å². The third-order valence-electron chi connectivity index (χ3n) is 4.26. The van der Waals surface area contributed by atoms with Gasteiger partial charge in [-0.15, -0.1) is 0 Å². The Labute approximate surface area is 166 Å². The molecule has 1 aromatic heterocycles. The summed E-state index contributed by atoms with van der Waals surface area (Å²) >= 11 is 3.48. The number of morpholine rings is 1. The summed E-state index contributed by atoms with van der Waals surface area (Å²) in [6.07, 6.45) is 2.38. The van der Waals surface area contributed by atoms with Crippen LogP contribution in [0.15, 0.2) is 44.8 Å². The fourth-order valence-corrected chi connectivity index (χ4v) is 3.30. The van der Waals surface area contributed by atoms with Gasteiger partial charge in [0.1, 0.15) is 17.4 Å². The fraction of sp³-hybridized carbons (Fsp3) is 0.300. The van der Waals surface area contributed by atoms with E-state index in [2.05, 4.69) is 33.1 Å². The molecule has 0 spiro atoms. The number of rotatable bonds is 5. The van der Waals surface area contributed by atoms with Crippen molar-refractivity contribution in [3.8, 4) is 6.07 Å². The van der Waals surface area contributed by atoms with Crippen LogP contribution in [0.25, 0.3) is 6.08 Å². The van der Waals surface area contributed by atoms with Crippen LogP contribution < -0.4 is 10.2 Å². The van der Waals surface area contributed by atoms with E-state index in [-0.39, 0.29) is 5.57 Å². The van der Waals surface area contributed by atoms with Crippen LogP contribution in [-0.4, -0.2) is 32.2 Å². The predicted molar refractivity (Wildman–Crippen MR) is 107 cm³/mol. The summed E-state index contributed by atoms with van der Waals surface area (Å²) in [5, 5.41) is 12.1. The molecule has 1 fully saturated rings. The number of aryl methyl sites for hydroxylation is 1. The maximum atomic E-state index is 12.4. The maximum Gasteiger partial charge on any atom is 0.266 e. The van der Waals surface area contributed by atoms with Gasteiger partial charge >= 0.3 is 0 Å². The average molecular weight is 430 g/mol. The summed E-state index contributed by atoms with van der Waals surface area (Å²) in [5.41, 5.74) is 1.80. The third-order valence-corrected chi connectivity index (χ3v) is 4.83. The highest BCUT2D eigenvalue weighted by molar-refractivity contribution is 9.10. The minimum atomic E-state index is -0.470. The molecule has 3 rings (SSSR count). The molecule has 1 aliphatic heterocycles.